The Hall–Kier alpha value is -2.58. The number of benzene rings is 1. The second kappa shape index (κ2) is 9.07. The summed E-state index contributed by atoms with van der Waals surface area (Å²) in [5, 5.41) is 21.9. The van der Waals surface area contributed by atoms with Gasteiger partial charge in [-0.2, -0.15) is 13.2 Å². The molecule has 1 saturated carbocycles. The zero-order chi connectivity index (χ0) is 20.9. The first-order chi connectivity index (χ1) is 13.1. The van der Waals surface area contributed by atoms with Crippen LogP contribution in [0.2, 0.25) is 0 Å². The van der Waals surface area contributed by atoms with Gasteiger partial charge in [-0.3, -0.25) is 14.9 Å². The molecule has 1 unspecified atom stereocenters. The largest absolute Gasteiger partial charge is 0.476 e. The monoisotopic (exact) mass is 401 g/mol. The lowest BCUT2D eigenvalue weighted by atomic mass is 9.87. The third-order valence-corrected chi connectivity index (χ3v) is 4.79. The fourth-order valence-corrected chi connectivity index (χ4v) is 3.36. The van der Waals surface area contributed by atoms with Crippen LogP contribution in [0.5, 0.6) is 0 Å². The van der Waals surface area contributed by atoms with E-state index < -0.39 is 58.1 Å². The molecule has 1 fully saturated rings. The molecule has 1 N–H and O–H groups in total. The predicted molar refractivity (Wildman–Crippen MR) is 94.1 cm³/mol. The van der Waals surface area contributed by atoms with Gasteiger partial charge in [-0.1, -0.05) is 25.1 Å². The molecule has 0 radical (unpaired) electrons. The molecule has 1 aliphatic carbocycles. The van der Waals surface area contributed by atoms with Crippen LogP contribution in [-0.2, 0) is 15.7 Å². The minimum absolute atomic E-state index is 0.0000763. The van der Waals surface area contributed by atoms with E-state index in [-0.39, 0.29) is 6.42 Å². The molecule has 0 amide bonds. The van der Waals surface area contributed by atoms with E-state index in [9.17, 15) is 33.2 Å². The Kier molecular flexibility index (Phi) is 7.04. The molecule has 1 atom stereocenters. The summed E-state index contributed by atoms with van der Waals surface area (Å²) in [4.78, 5) is 22.7. The van der Waals surface area contributed by atoms with Crippen LogP contribution >= 0.6 is 0 Å². The van der Waals surface area contributed by atoms with Crippen molar-refractivity contribution in [1.82, 2.24) is 0 Å². The SMILES string of the molecule is CCC(=O)CC(C(=C(O)OC1CCCC1)[N+](=O)[O-])c1ccccc1C(F)(F)F. The minimum atomic E-state index is -4.77. The number of halogens is 3. The minimum Gasteiger partial charge on any atom is -0.476 e. The van der Waals surface area contributed by atoms with Crippen LogP contribution in [0.1, 0.15) is 62.5 Å². The molecule has 0 heterocycles. The van der Waals surface area contributed by atoms with Crippen LogP contribution in [0.25, 0.3) is 0 Å². The molecule has 28 heavy (non-hydrogen) atoms. The average Bonchev–Trinajstić information content (AvgIpc) is 3.12. The zero-order valence-corrected chi connectivity index (χ0v) is 15.4. The highest BCUT2D eigenvalue weighted by atomic mass is 19.4. The van der Waals surface area contributed by atoms with Crippen molar-refractivity contribution in [3.8, 4) is 0 Å². The topological polar surface area (TPSA) is 89.7 Å². The van der Waals surface area contributed by atoms with Gasteiger partial charge in [-0.05, 0) is 37.3 Å². The molecule has 0 aromatic heterocycles. The predicted octanol–water partition coefficient (Wildman–Crippen LogP) is 5.12. The average molecular weight is 401 g/mol. The molecule has 0 aliphatic heterocycles. The molecule has 0 saturated heterocycles. The Bertz CT molecular complexity index is 754. The van der Waals surface area contributed by atoms with Gasteiger partial charge in [0.1, 0.15) is 11.9 Å². The van der Waals surface area contributed by atoms with Crippen molar-refractivity contribution in [2.24, 2.45) is 0 Å². The van der Waals surface area contributed by atoms with Crippen LogP contribution in [0, 0.1) is 10.1 Å². The summed E-state index contributed by atoms with van der Waals surface area (Å²) in [7, 11) is 0. The van der Waals surface area contributed by atoms with E-state index in [1.165, 1.54) is 13.0 Å². The summed E-state index contributed by atoms with van der Waals surface area (Å²) in [6.07, 6.45) is -2.90. The van der Waals surface area contributed by atoms with Crippen molar-refractivity contribution in [2.45, 2.75) is 63.6 Å². The molecule has 154 valence electrons. The maximum absolute atomic E-state index is 13.5. The number of ketones is 1. The van der Waals surface area contributed by atoms with E-state index in [0.717, 1.165) is 31.0 Å². The van der Waals surface area contributed by atoms with E-state index in [1.54, 1.807) is 0 Å². The molecule has 6 nitrogen and oxygen atoms in total. The second-order valence-corrected chi connectivity index (χ2v) is 6.71. The lowest BCUT2D eigenvalue weighted by molar-refractivity contribution is -0.436. The number of nitrogens with zero attached hydrogens (tertiary/aromatic N) is 1. The van der Waals surface area contributed by atoms with E-state index >= 15 is 0 Å². The Morgan fingerprint density at radius 3 is 2.46 bits per heavy atom. The highest BCUT2D eigenvalue weighted by Crippen LogP contribution is 2.40. The highest BCUT2D eigenvalue weighted by Gasteiger charge is 2.41. The van der Waals surface area contributed by atoms with Crippen molar-refractivity contribution < 1.29 is 32.7 Å². The van der Waals surface area contributed by atoms with Gasteiger partial charge in [0.25, 0.3) is 0 Å². The van der Waals surface area contributed by atoms with E-state index in [0.29, 0.717) is 12.8 Å². The van der Waals surface area contributed by atoms with Gasteiger partial charge in [-0.15, -0.1) is 0 Å². The lowest BCUT2D eigenvalue weighted by Crippen LogP contribution is -2.22. The summed E-state index contributed by atoms with van der Waals surface area (Å²) in [6.45, 7) is 1.51. The molecule has 1 aromatic rings. The molecular weight excluding hydrogens is 379 g/mol. The van der Waals surface area contributed by atoms with Gasteiger partial charge in [-0.25, -0.2) is 0 Å². The van der Waals surface area contributed by atoms with Crippen molar-refractivity contribution in [2.75, 3.05) is 0 Å². The van der Waals surface area contributed by atoms with Crippen LogP contribution < -0.4 is 0 Å². The first kappa shape index (κ1) is 21.7. The van der Waals surface area contributed by atoms with Gasteiger partial charge in [0, 0.05) is 12.8 Å². The maximum atomic E-state index is 13.5. The summed E-state index contributed by atoms with van der Waals surface area (Å²) in [6, 6.07) is 4.35. The van der Waals surface area contributed by atoms with Crippen molar-refractivity contribution >= 4 is 5.78 Å². The smallest absolute Gasteiger partial charge is 0.416 e. The van der Waals surface area contributed by atoms with Crippen LogP contribution in [-0.4, -0.2) is 21.9 Å². The number of alkyl halides is 3. The van der Waals surface area contributed by atoms with E-state index in [2.05, 4.69) is 0 Å². The number of aliphatic hydroxyl groups is 1. The van der Waals surface area contributed by atoms with Gasteiger partial charge >= 0.3 is 17.8 Å². The Morgan fingerprint density at radius 2 is 1.93 bits per heavy atom. The van der Waals surface area contributed by atoms with E-state index in [1.807, 2.05) is 0 Å². The van der Waals surface area contributed by atoms with Crippen LogP contribution in [0.15, 0.2) is 35.9 Å². The molecule has 9 heteroatoms. The van der Waals surface area contributed by atoms with Crippen LogP contribution in [0.3, 0.4) is 0 Å². The number of allylic oxidation sites excluding steroid dienone is 1. The normalized spacial score (nSPS) is 17.1. The number of nitro groups is 1. The quantitative estimate of drug-likeness (QED) is 0.371. The third-order valence-electron chi connectivity index (χ3n) is 4.79. The number of aliphatic hydroxyl groups excluding tert-OH is 1. The Balaban J connectivity index is 2.57. The van der Waals surface area contributed by atoms with Gasteiger partial charge < -0.3 is 9.84 Å². The second-order valence-electron chi connectivity index (χ2n) is 6.71. The Morgan fingerprint density at radius 1 is 1.32 bits per heavy atom. The molecule has 0 spiro atoms. The molecule has 1 aliphatic rings. The van der Waals surface area contributed by atoms with Gasteiger partial charge in [0.2, 0.25) is 0 Å². The van der Waals surface area contributed by atoms with Gasteiger partial charge in [0.15, 0.2) is 0 Å². The fourth-order valence-electron chi connectivity index (χ4n) is 3.36. The summed E-state index contributed by atoms with van der Waals surface area (Å²) in [5.41, 5.74) is -2.45. The summed E-state index contributed by atoms with van der Waals surface area (Å²) >= 11 is 0. The molecule has 2 rings (SSSR count). The molecule has 0 bridgehead atoms. The Labute approximate surface area is 160 Å². The number of ether oxygens (including phenoxy) is 1. The lowest BCUT2D eigenvalue weighted by Gasteiger charge is -2.20. The third kappa shape index (κ3) is 5.24. The van der Waals surface area contributed by atoms with Crippen molar-refractivity contribution in [1.29, 1.82) is 0 Å². The standard InChI is InChI=1S/C19H22F3NO5/c1-2-12(24)11-15(14-9-5-6-10-16(14)19(20,21)22)17(23(26)27)18(25)28-13-7-3-4-8-13/h5-6,9-10,13,15,25H,2-4,7-8,11H2,1H3. The number of hydrogen-bond donors (Lipinski definition) is 1. The number of carbonyl (C=O) groups excluding carboxylic acids is 1. The highest BCUT2D eigenvalue weighted by molar-refractivity contribution is 5.79. The molecule has 1 aromatic carbocycles. The van der Waals surface area contributed by atoms with Gasteiger partial charge in [0.05, 0.1) is 16.4 Å². The van der Waals surface area contributed by atoms with Crippen molar-refractivity contribution in [3.63, 3.8) is 0 Å². The zero-order valence-electron chi connectivity index (χ0n) is 15.4. The van der Waals surface area contributed by atoms with Crippen LogP contribution in [0.4, 0.5) is 13.2 Å². The number of carbonyl (C=O) groups is 1. The summed E-state index contributed by atoms with van der Waals surface area (Å²) in [5.74, 6) is -3.07. The van der Waals surface area contributed by atoms with E-state index in [4.69, 9.17) is 4.74 Å². The van der Waals surface area contributed by atoms with Crippen molar-refractivity contribution in [3.05, 3.63) is 57.1 Å². The number of rotatable bonds is 8. The fraction of sp³-hybridized carbons (Fsp3) is 0.526. The molecular formula is C19H22F3NO5. The first-order valence-electron chi connectivity index (χ1n) is 9.07. The number of hydrogen-bond acceptors (Lipinski definition) is 5. The first-order valence-corrected chi connectivity index (χ1v) is 9.07. The number of Topliss-reactive ketones (excluding diaryl/α,β-unsaturated/α-hetero) is 1. The maximum Gasteiger partial charge on any atom is 0.416 e. The summed E-state index contributed by atoms with van der Waals surface area (Å²) < 4.78 is 45.6.